The number of ether oxygens (including phenoxy) is 1. The molecule has 0 bridgehead atoms. The molecule has 1 aliphatic rings. The summed E-state index contributed by atoms with van der Waals surface area (Å²) in [4.78, 5) is 27.9. The maximum atomic E-state index is 13.2. The zero-order valence-corrected chi connectivity index (χ0v) is 16.2. The largest absolute Gasteiger partial charge is 0.496 e. The summed E-state index contributed by atoms with van der Waals surface area (Å²) in [6.45, 7) is 3.96. The molecule has 4 nitrogen and oxygen atoms in total. The SMILES string of the molecule is COc1ccccc1C1=C(SC(C)C)C(=O)N(c2ccccc2Cl)C1=O. The minimum Gasteiger partial charge on any atom is -0.496 e. The number of para-hydroxylation sites is 2. The Labute approximate surface area is 161 Å². The Hall–Kier alpha value is -2.24. The van der Waals surface area contributed by atoms with Crippen LogP contribution in [0, 0.1) is 0 Å². The van der Waals surface area contributed by atoms with Gasteiger partial charge in [0.05, 0.1) is 28.3 Å². The smallest absolute Gasteiger partial charge is 0.272 e. The van der Waals surface area contributed by atoms with E-state index < -0.39 is 5.91 Å². The number of anilines is 1. The molecule has 2 aromatic carbocycles. The highest BCUT2D eigenvalue weighted by atomic mass is 35.5. The Morgan fingerprint density at radius 2 is 1.65 bits per heavy atom. The average molecular weight is 388 g/mol. The molecule has 0 saturated heterocycles. The second kappa shape index (κ2) is 7.56. The number of hydrogen-bond donors (Lipinski definition) is 0. The van der Waals surface area contributed by atoms with Gasteiger partial charge in [-0.2, -0.15) is 0 Å². The molecule has 1 heterocycles. The van der Waals surface area contributed by atoms with Gasteiger partial charge in [0, 0.05) is 10.8 Å². The van der Waals surface area contributed by atoms with Crippen LogP contribution < -0.4 is 9.64 Å². The molecule has 0 radical (unpaired) electrons. The Balaban J connectivity index is 2.18. The predicted octanol–water partition coefficient (Wildman–Crippen LogP) is 4.77. The number of amides is 2. The third-order valence-electron chi connectivity index (χ3n) is 3.86. The molecule has 1 aliphatic heterocycles. The summed E-state index contributed by atoms with van der Waals surface area (Å²) in [7, 11) is 1.54. The van der Waals surface area contributed by atoms with Crippen molar-refractivity contribution in [2.24, 2.45) is 0 Å². The minimum atomic E-state index is -0.393. The lowest BCUT2D eigenvalue weighted by molar-refractivity contribution is -0.119. The fourth-order valence-corrected chi connectivity index (χ4v) is 3.99. The van der Waals surface area contributed by atoms with Gasteiger partial charge in [-0.05, 0) is 18.2 Å². The third kappa shape index (κ3) is 3.24. The highest BCUT2D eigenvalue weighted by molar-refractivity contribution is 8.04. The standard InChI is InChI=1S/C20H18ClNO3S/c1-12(2)26-18-17(13-8-4-7-11-16(13)25-3)19(23)22(20(18)24)15-10-6-5-9-14(15)21/h4-12H,1-3H3. The summed E-state index contributed by atoms with van der Waals surface area (Å²) >= 11 is 7.61. The molecule has 0 aromatic heterocycles. The topological polar surface area (TPSA) is 46.6 Å². The number of imide groups is 1. The van der Waals surface area contributed by atoms with Crippen molar-refractivity contribution in [1.29, 1.82) is 0 Å². The van der Waals surface area contributed by atoms with E-state index >= 15 is 0 Å². The van der Waals surface area contributed by atoms with Gasteiger partial charge in [-0.1, -0.05) is 55.8 Å². The molecule has 0 N–H and O–H groups in total. The first kappa shape index (κ1) is 18.5. The molecule has 26 heavy (non-hydrogen) atoms. The van der Waals surface area contributed by atoms with Crippen molar-refractivity contribution in [3.8, 4) is 5.75 Å². The number of halogens is 1. The summed E-state index contributed by atoms with van der Waals surface area (Å²) in [6, 6.07) is 14.0. The first-order valence-corrected chi connectivity index (χ1v) is 9.39. The molecule has 0 saturated carbocycles. The van der Waals surface area contributed by atoms with E-state index in [2.05, 4.69) is 0 Å². The van der Waals surface area contributed by atoms with Crippen LogP contribution in [0.25, 0.3) is 5.57 Å². The maximum absolute atomic E-state index is 13.2. The Morgan fingerprint density at radius 1 is 1.00 bits per heavy atom. The highest BCUT2D eigenvalue weighted by Gasteiger charge is 2.42. The maximum Gasteiger partial charge on any atom is 0.272 e. The van der Waals surface area contributed by atoms with Crippen molar-refractivity contribution in [3.63, 3.8) is 0 Å². The molecule has 2 amide bonds. The average Bonchev–Trinajstić information content (AvgIpc) is 2.85. The van der Waals surface area contributed by atoms with E-state index in [0.717, 1.165) is 4.90 Å². The molecule has 2 aromatic rings. The van der Waals surface area contributed by atoms with Gasteiger partial charge in [0.15, 0.2) is 0 Å². The number of hydrogen-bond acceptors (Lipinski definition) is 4. The molecule has 0 unspecified atom stereocenters. The van der Waals surface area contributed by atoms with Crippen molar-refractivity contribution >= 4 is 46.4 Å². The number of methoxy groups -OCH3 is 1. The van der Waals surface area contributed by atoms with Crippen molar-refractivity contribution in [2.45, 2.75) is 19.1 Å². The normalized spacial score (nSPS) is 14.6. The first-order valence-electron chi connectivity index (χ1n) is 8.13. The van der Waals surface area contributed by atoms with Gasteiger partial charge < -0.3 is 4.74 Å². The van der Waals surface area contributed by atoms with Crippen LogP contribution in [0.3, 0.4) is 0 Å². The monoisotopic (exact) mass is 387 g/mol. The molecule has 134 valence electrons. The Kier molecular flexibility index (Phi) is 5.39. The first-order chi connectivity index (χ1) is 12.5. The van der Waals surface area contributed by atoms with Gasteiger partial charge in [-0.15, -0.1) is 11.8 Å². The third-order valence-corrected chi connectivity index (χ3v) is 5.27. The van der Waals surface area contributed by atoms with E-state index in [1.54, 1.807) is 43.5 Å². The molecule has 3 rings (SSSR count). The summed E-state index contributed by atoms with van der Waals surface area (Å²) in [5, 5.41) is 0.488. The number of nitrogens with zero attached hydrogens (tertiary/aromatic N) is 1. The van der Waals surface area contributed by atoms with Crippen molar-refractivity contribution in [3.05, 3.63) is 64.0 Å². The van der Waals surface area contributed by atoms with Crippen LogP contribution in [0.15, 0.2) is 53.4 Å². The van der Waals surface area contributed by atoms with Crippen LogP contribution >= 0.6 is 23.4 Å². The molecule has 6 heteroatoms. The van der Waals surface area contributed by atoms with Gasteiger partial charge in [-0.3, -0.25) is 9.59 Å². The summed E-state index contributed by atoms with van der Waals surface area (Å²) in [5.74, 6) is -0.204. The van der Waals surface area contributed by atoms with Gasteiger partial charge in [0.1, 0.15) is 5.75 Å². The van der Waals surface area contributed by atoms with Gasteiger partial charge >= 0.3 is 0 Å². The summed E-state index contributed by atoms with van der Waals surface area (Å²) in [6.07, 6.45) is 0. The van der Waals surface area contributed by atoms with Crippen LogP contribution in [0.5, 0.6) is 5.75 Å². The van der Waals surface area contributed by atoms with Crippen molar-refractivity contribution in [1.82, 2.24) is 0 Å². The van der Waals surface area contributed by atoms with E-state index in [1.165, 1.54) is 11.8 Å². The Morgan fingerprint density at radius 3 is 2.31 bits per heavy atom. The van der Waals surface area contributed by atoms with Gasteiger partial charge in [0.2, 0.25) is 0 Å². The van der Waals surface area contributed by atoms with Crippen molar-refractivity contribution < 1.29 is 14.3 Å². The second-order valence-electron chi connectivity index (χ2n) is 5.97. The molecule has 0 aliphatic carbocycles. The van der Waals surface area contributed by atoms with E-state index in [0.29, 0.717) is 32.5 Å². The fourth-order valence-electron chi connectivity index (χ4n) is 2.80. The molecule has 0 fully saturated rings. The number of rotatable bonds is 5. The lowest BCUT2D eigenvalue weighted by Crippen LogP contribution is -2.31. The summed E-state index contributed by atoms with van der Waals surface area (Å²) in [5.41, 5.74) is 1.34. The molecule has 0 atom stereocenters. The Bertz CT molecular complexity index is 907. The van der Waals surface area contributed by atoms with Crippen LogP contribution in [0.4, 0.5) is 5.69 Å². The zero-order valence-electron chi connectivity index (χ0n) is 14.7. The van der Waals surface area contributed by atoms with E-state index in [9.17, 15) is 9.59 Å². The summed E-state index contributed by atoms with van der Waals surface area (Å²) < 4.78 is 5.41. The van der Waals surface area contributed by atoms with Crippen LogP contribution in [0.1, 0.15) is 19.4 Å². The highest BCUT2D eigenvalue weighted by Crippen LogP contribution is 2.43. The van der Waals surface area contributed by atoms with Gasteiger partial charge in [0.25, 0.3) is 11.8 Å². The van der Waals surface area contributed by atoms with Gasteiger partial charge in [-0.25, -0.2) is 4.90 Å². The van der Waals surface area contributed by atoms with E-state index in [-0.39, 0.29) is 11.2 Å². The molecular weight excluding hydrogens is 370 g/mol. The lowest BCUT2D eigenvalue weighted by atomic mass is 10.0. The minimum absolute atomic E-state index is 0.137. The van der Waals surface area contributed by atoms with E-state index in [1.807, 2.05) is 26.0 Å². The lowest BCUT2D eigenvalue weighted by Gasteiger charge is -2.17. The number of benzene rings is 2. The van der Waals surface area contributed by atoms with Crippen LogP contribution in [0.2, 0.25) is 5.02 Å². The number of thioether (sulfide) groups is 1. The zero-order chi connectivity index (χ0) is 18.8. The quantitative estimate of drug-likeness (QED) is 0.693. The molecule has 0 spiro atoms. The van der Waals surface area contributed by atoms with Crippen LogP contribution in [-0.4, -0.2) is 24.2 Å². The second-order valence-corrected chi connectivity index (χ2v) is 7.96. The fraction of sp³-hybridized carbons (Fsp3) is 0.200. The van der Waals surface area contributed by atoms with Crippen molar-refractivity contribution in [2.75, 3.05) is 12.0 Å². The molecular formula is C20H18ClNO3S. The predicted molar refractivity (Wildman–Crippen MR) is 107 cm³/mol. The van der Waals surface area contributed by atoms with E-state index in [4.69, 9.17) is 16.3 Å². The number of carbonyl (C=O) groups is 2. The number of carbonyl (C=O) groups excluding carboxylic acids is 2. The van der Waals surface area contributed by atoms with Crippen LogP contribution in [-0.2, 0) is 9.59 Å².